The number of anilines is 2. The van der Waals surface area contributed by atoms with Gasteiger partial charge in [-0.05, 0) is 91.8 Å². The summed E-state index contributed by atoms with van der Waals surface area (Å²) in [4.78, 5) is 66.3. The van der Waals surface area contributed by atoms with Gasteiger partial charge < -0.3 is 36.0 Å². The third-order valence-electron chi connectivity index (χ3n) is 10.1. The molecule has 1 aromatic heterocycles. The molecule has 1 fully saturated rings. The molecule has 16 heteroatoms. The molecule has 4 aromatic carbocycles. The second-order valence-corrected chi connectivity index (χ2v) is 15.8. The second-order valence-electron chi connectivity index (χ2n) is 13.9. The highest BCUT2D eigenvalue weighted by molar-refractivity contribution is 7.89. The fourth-order valence-corrected chi connectivity index (χ4v) is 8.83. The molecule has 0 bridgehead atoms. The van der Waals surface area contributed by atoms with Crippen LogP contribution in [0.3, 0.4) is 0 Å². The number of nitrogens with zero attached hydrogens (tertiary/aromatic N) is 2. The Bertz CT molecular complexity index is 2420. The Morgan fingerprint density at radius 3 is 2.09 bits per heavy atom. The summed E-state index contributed by atoms with van der Waals surface area (Å²) in [6.45, 7) is 1.84. The summed E-state index contributed by atoms with van der Waals surface area (Å²) in [5.74, 6) is -3.09. The number of aryl methyl sites for hydroxylation is 2. The van der Waals surface area contributed by atoms with Crippen molar-refractivity contribution in [3.63, 3.8) is 0 Å². The predicted octanol–water partition coefficient (Wildman–Crippen LogP) is 5.82. The van der Waals surface area contributed by atoms with Crippen LogP contribution in [-0.4, -0.2) is 94.8 Å². The number of rotatable bonds is 15. The van der Waals surface area contributed by atoms with Gasteiger partial charge in [0.05, 0.1) is 16.0 Å². The number of sulfonamides is 1. The molecule has 58 heavy (non-hydrogen) atoms. The molecule has 5 aromatic rings. The molecule has 4 amide bonds. The van der Waals surface area contributed by atoms with E-state index in [1.54, 1.807) is 55.5 Å². The standard InChI is InChI=1S/C42H44N6O9S/c1-2-48(32-21-23-47(24-22-32)42(55)43-26-36(49)50)58(56,57)33-10-6-9-30(25-33)39(51)46-38-37(34-11-3-4-12-35(34)45-38)40(52)44-31-19-15-28(16-20-31)8-5-7-27-13-17-29(18-14-27)41(53)54/h3-4,6,9-20,25,32,45H,2,5,7-8,21-24,26H2,1H3,(H,43,55)(H,44,52)(H,46,51)(H,49,50)(H,53,54). The van der Waals surface area contributed by atoms with Crippen molar-refractivity contribution in [1.82, 2.24) is 19.5 Å². The van der Waals surface area contributed by atoms with Crippen molar-refractivity contribution in [3.8, 4) is 0 Å². The number of hydrogen-bond donors (Lipinski definition) is 6. The smallest absolute Gasteiger partial charge is 0.335 e. The maximum Gasteiger partial charge on any atom is 0.335 e. The van der Waals surface area contributed by atoms with Gasteiger partial charge in [-0.1, -0.05) is 55.5 Å². The predicted molar refractivity (Wildman–Crippen MR) is 218 cm³/mol. The largest absolute Gasteiger partial charge is 0.480 e. The number of fused-ring (bicyclic) bond motifs is 1. The van der Waals surface area contributed by atoms with Crippen LogP contribution in [-0.2, 0) is 27.7 Å². The highest BCUT2D eigenvalue weighted by Crippen LogP contribution is 2.29. The van der Waals surface area contributed by atoms with E-state index in [1.807, 2.05) is 24.3 Å². The fraction of sp³-hybridized carbons (Fsp3) is 0.262. The van der Waals surface area contributed by atoms with Crippen LogP contribution in [0.2, 0.25) is 0 Å². The highest BCUT2D eigenvalue weighted by atomic mass is 32.2. The number of carbonyl (C=O) groups is 5. The van der Waals surface area contributed by atoms with Crippen molar-refractivity contribution in [1.29, 1.82) is 0 Å². The first kappa shape index (κ1) is 41.1. The third-order valence-corrected chi connectivity index (χ3v) is 12.1. The number of aliphatic carboxylic acids is 1. The van der Waals surface area contributed by atoms with Crippen molar-refractivity contribution in [2.75, 3.05) is 36.8 Å². The molecule has 302 valence electrons. The molecular formula is C42H44N6O9S. The molecule has 0 radical (unpaired) electrons. The van der Waals surface area contributed by atoms with Crippen LogP contribution in [0.1, 0.15) is 68.4 Å². The maximum absolute atomic E-state index is 13.9. The van der Waals surface area contributed by atoms with Crippen LogP contribution in [0, 0.1) is 0 Å². The summed E-state index contributed by atoms with van der Waals surface area (Å²) in [6.07, 6.45) is 3.10. The SMILES string of the molecule is CCN(C1CCN(C(=O)NCC(=O)O)CC1)S(=O)(=O)c1cccc(C(=O)Nc2[nH]c3ccccc3c2C(=O)Nc2ccc(CCCc3ccc(C(=O)O)cc3)cc2)c1. The number of carboxylic acid groups (broad SMARTS) is 2. The number of carbonyl (C=O) groups excluding carboxylic acids is 3. The van der Waals surface area contributed by atoms with E-state index in [4.69, 9.17) is 10.2 Å². The van der Waals surface area contributed by atoms with Gasteiger partial charge in [0.15, 0.2) is 0 Å². The zero-order valence-corrected chi connectivity index (χ0v) is 32.6. The third kappa shape index (κ3) is 9.70. The van der Waals surface area contributed by atoms with Gasteiger partial charge >= 0.3 is 18.0 Å². The van der Waals surface area contributed by atoms with Gasteiger partial charge in [-0.3, -0.25) is 14.4 Å². The number of nitrogens with one attached hydrogen (secondary N) is 4. The number of benzene rings is 4. The summed E-state index contributed by atoms with van der Waals surface area (Å²) < 4.78 is 29.2. The Morgan fingerprint density at radius 1 is 0.793 bits per heavy atom. The molecule has 6 N–H and O–H groups in total. The number of hydrogen-bond acceptors (Lipinski definition) is 7. The van der Waals surface area contributed by atoms with E-state index in [0.29, 0.717) is 29.4 Å². The van der Waals surface area contributed by atoms with Crippen LogP contribution >= 0.6 is 0 Å². The second kappa shape index (κ2) is 18.2. The Labute approximate surface area is 335 Å². The van der Waals surface area contributed by atoms with E-state index in [-0.39, 0.29) is 47.0 Å². The van der Waals surface area contributed by atoms with Crippen molar-refractivity contribution >= 4 is 62.2 Å². The highest BCUT2D eigenvalue weighted by Gasteiger charge is 2.34. The molecule has 0 aliphatic carbocycles. The minimum absolute atomic E-state index is 0.0555. The number of likely N-dealkylation sites (tertiary alicyclic amines) is 1. The zero-order valence-electron chi connectivity index (χ0n) is 31.7. The quantitative estimate of drug-likeness (QED) is 0.0750. The monoisotopic (exact) mass is 808 g/mol. The van der Waals surface area contributed by atoms with Crippen LogP contribution in [0.25, 0.3) is 10.9 Å². The van der Waals surface area contributed by atoms with E-state index in [9.17, 15) is 32.4 Å². The van der Waals surface area contributed by atoms with Gasteiger partial charge in [-0.2, -0.15) is 4.31 Å². The molecule has 1 aliphatic rings. The van der Waals surface area contributed by atoms with Gasteiger partial charge in [-0.25, -0.2) is 18.0 Å². The normalized spacial score (nSPS) is 13.3. The summed E-state index contributed by atoms with van der Waals surface area (Å²) in [6, 6.07) is 26.1. The molecule has 6 rings (SSSR count). The number of carboxylic acids is 2. The van der Waals surface area contributed by atoms with Gasteiger partial charge in [0.25, 0.3) is 11.8 Å². The summed E-state index contributed by atoms with van der Waals surface area (Å²) in [5, 5.41) is 26.6. The first-order valence-corrected chi connectivity index (χ1v) is 20.3. The van der Waals surface area contributed by atoms with Crippen molar-refractivity contribution < 1.29 is 42.6 Å². The number of amides is 4. The Balaban J connectivity index is 1.11. The summed E-state index contributed by atoms with van der Waals surface area (Å²) >= 11 is 0. The number of aromatic nitrogens is 1. The van der Waals surface area contributed by atoms with E-state index >= 15 is 0 Å². The van der Waals surface area contributed by atoms with E-state index < -0.39 is 52.4 Å². The minimum Gasteiger partial charge on any atom is -0.480 e. The van der Waals surface area contributed by atoms with Crippen LogP contribution in [0.4, 0.5) is 16.3 Å². The number of aromatic amines is 1. The molecule has 1 aliphatic heterocycles. The van der Waals surface area contributed by atoms with Gasteiger partial charge in [0, 0.05) is 47.8 Å². The van der Waals surface area contributed by atoms with Crippen molar-refractivity contribution in [2.24, 2.45) is 0 Å². The molecule has 0 unspecified atom stereocenters. The molecule has 1 saturated heterocycles. The lowest BCUT2D eigenvalue weighted by Gasteiger charge is -2.37. The molecule has 0 saturated carbocycles. The van der Waals surface area contributed by atoms with E-state index in [0.717, 1.165) is 30.4 Å². The Morgan fingerprint density at radius 2 is 1.45 bits per heavy atom. The average molecular weight is 809 g/mol. The first-order chi connectivity index (χ1) is 27.8. The van der Waals surface area contributed by atoms with Gasteiger partial charge in [0.1, 0.15) is 12.4 Å². The summed E-state index contributed by atoms with van der Waals surface area (Å²) in [7, 11) is -4.07. The van der Waals surface area contributed by atoms with Crippen molar-refractivity contribution in [2.45, 2.75) is 50.0 Å². The lowest BCUT2D eigenvalue weighted by Crippen LogP contribution is -2.51. The molecule has 2 heterocycles. The lowest BCUT2D eigenvalue weighted by molar-refractivity contribution is -0.135. The topological polar surface area (TPSA) is 218 Å². The summed E-state index contributed by atoms with van der Waals surface area (Å²) in [5.41, 5.74) is 3.77. The van der Waals surface area contributed by atoms with Gasteiger partial charge in [-0.15, -0.1) is 0 Å². The Kier molecular flexibility index (Phi) is 12.9. The fourth-order valence-electron chi connectivity index (χ4n) is 7.09. The van der Waals surface area contributed by atoms with Crippen LogP contribution in [0.5, 0.6) is 0 Å². The molecular weight excluding hydrogens is 765 g/mol. The average Bonchev–Trinajstić information content (AvgIpc) is 3.59. The van der Waals surface area contributed by atoms with Crippen molar-refractivity contribution in [3.05, 3.63) is 125 Å². The number of piperidine rings is 1. The molecule has 15 nitrogen and oxygen atoms in total. The maximum atomic E-state index is 13.9. The van der Waals surface area contributed by atoms with Gasteiger partial charge in [0.2, 0.25) is 10.0 Å². The van der Waals surface area contributed by atoms with E-state index in [2.05, 4.69) is 20.9 Å². The number of para-hydroxylation sites is 1. The first-order valence-electron chi connectivity index (χ1n) is 18.8. The minimum atomic E-state index is -4.07. The number of H-pyrrole nitrogens is 1. The van der Waals surface area contributed by atoms with Crippen LogP contribution < -0.4 is 16.0 Å². The number of urea groups is 1. The Hall–Kier alpha value is -6.52. The lowest BCUT2D eigenvalue weighted by atomic mass is 10.0. The van der Waals surface area contributed by atoms with Crippen LogP contribution in [0.15, 0.2) is 102 Å². The molecule has 0 atom stereocenters. The van der Waals surface area contributed by atoms with E-state index in [1.165, 1.54) is 33.5 Å². The number of aromatic carboxylic acids is 1. The molecule has 0 spiro atoms. The zero-order chi connectivity index (χ0) is 41.4.